The van der Waals surface area contributed by atoms with E-state index in [1.807, 2.05) is 6.07 Å². The average Bonchev–Trinajstić information content (AvgIpc) is 2.44. The van der Waals surface area contributed by atoms with Gasteiger partial charge in [0.05, 0.1) is 5.88 Å². The highest BCUT2D eigenvalue weighted by Crippen LogP contribution is 2.13. The molecule has 1 atom stereocenters. The average molecular weight is 321 g/mol. The quantitative estimate of drug-likeness (QED) is 0.812. The molecular formula is C12H17ClN2O4S. The number of benzene rings is 1. The summed E-state index contributed by atoms with van der Waals surface area (Å²) in [6.45, 7) is 1.64. The molecule has 0 spiro atoms. The van der Waals surface area contributed by atoms with Gasteiger partial charge in [-0.2, -0.15) is 17.4 Å². The van der Waals surface area contributed by atoms with Gasteiger partial charge in [-0.25, -0.2) is 4.79 Å². The lowest BCUT2D eigenvalue weighted by atomic mass is 10.1. The number of nitrogens with zero attached hydrogens (tertiary/aromatic N) is 1. The second-order valence-corrected chi connectivity index (χ2v) is 6.14. The maximum atomic E-state index is 12.0. The monoisotopic (exact) mass is 320 g/mol. The number of carbonyl (C=O) groups excluding carboxylic acids is 1. The van der Waals surface area contributed by atoms with Gasteiger partial charge < -0.3 is 4.74 Å². The number of nitrogens with one attached hydrogen (secondary N) is 1. The highest BCUT2D eigenvalue weighted by atomic mass is 35.5. The lowest BCUT2D eigenvalue weighted by molar-refractivity contribution is 0.136. The van der Waals surface area contributed by atoms with Gasteiger partial charge >= 0.3 is 16.3 Å². The number of amides is 1. The number of alkyl halides is 1. The Labute approximate surface area is 123 Å². The van der Waals surface area contributed by atoms with Crippen LogP contribution in [-0.2, 0) is 14.9 Å². The molecule has 0 fully saturated rings. The fourth-order valence-electron chi connectivity index (χ4n) is 1.43. The van der Waals surface area contributed by atoms with E-state index in [9.17, 15) is 13.2 Å². The van der Waals surface area contributed by atoms with Gasteiger partial charge in [0.1, 0.15) is 6.61 Å². The summed E-state index contributed by atoms with van der Waals surface area (Å²) in [6, 6.07) is 8.56. The summed E-state index contributed by atoms with van der Waals surface area (Å²) in [5.74, 6) is 0.105. The highest BCUT2D eigenvalue weighted by molar-refractivity contribution is 7.87. The molecular weight excluding hydrogens is 304 g/mol. The Bertz CT molecular complexity index is 536. The van der Waals surface area contributed by atoms with E-state index in [1.165, 1.54) is 0 Å². The maximum absolute atomic E-state index is 12.0. The van der Waals surface area contributed by atoms with Crippen molar-refractivity contribution in [3.05, 3.63) is 35.9 Å². The van der Waals surface area contributed by atoms with Crippen molar-refractivity contribution in [3.8, 4) is 0 Å². The summed E-state index contributed by atoms with van der Waals surface area (Å²) >= 11 is 5.37. The van der Waals surface area contributed by atoms with Crippen LogP contribution >= 0.6 is 11.6 Å². The van der Waals surface area contributed by atoms with Crippen LogP contribution in [0, 0.1) is 0 Å². The molecule has 0 aliphatic carbocycles. The van der Waals surface area contributed by atoms with E-state index in [0.29, 0.717) is 4.31 Å². The second kappa shape index (κ2) is 7.47. The van der Waals surface area contributed by atoms with E-state index in [2.05, 4.69) is 9.46 Å². The molecule has 0 radical (unpaired) electrons. The van der Waals surface area contributed by atoms with E-state index in [-0.39, 0.29) is 12.5 Å². The standard InChI is InChI=1S/C12H17ClN2O4S/c1-10(11-6-4-3-5-7-11)14-20(17,18)15(2)12(16)19-9-8-13/h3-7,10,14H,8-9H2,1-2H3. The first-order chi connectivity index (χ1) is 9.38. The van der Waals surface area contributed by atoms with Gasteiger partial charge in [0.25, 0.3) is 0 Å². The number of carbonyl (C=O) groups is 1. The normalized spacial score (nSPS) is 12.8. The highest BCUT2D eigenvalue weighted by Gasteiger charge is 2.26. The predicted molar refractivity (Wildman–Crippen MR) is 76.7 cm³/mol. The van der Waals surface area contributed by atoms with E-state index >= 15 is 0 Å². The van der Waals surface area contributed by atoms with E-state index in [0.717, 1.165) is 12.6 Å². The Morgan fingerprint density at radius 2 is 2.00 bits per heavy atom. The molecule has 112 valence electrons. The summed E-state index contributed by atoms with van der Waals surface area (Å²) in [6.07, 6.45) is -0.974. The summed E-state index contributed by atoms with van der Waals surface area (Å²) in [4.78, 5) is 11.5. The smallest absolute Gasteiger partial charge is 0.424 e. The first kappa shape index (κ1) is 16.7. The SMILES string of the molecule is CC(NS(=O)(=O)N(C)C(=O)OCCCl)c1ccccc1. The summed E-state index contributed by atoms with van der Waals surface area (Å²) in [7, 11) is -2.85. The van der Waals surface area contributed by atoms with Crippen molar-refractivity contribution in [1.29, 1.82) is 0 Å². The zero-order valence-corrected chi connectivity index (χ0v) is 12.8. The van der Waals surface area contributed by atoms with Crippen molar-refractivity contribution in [2.24, 2.45) is 0 Å². The van der Waals surface area contributed by atoms with Crippen LogP contribution in [0.4, 0.5) is 4.79 Å². The molecule has 1 rings (SSSR count). The number of hydrogen-bond donors (Lipinski definition) is 1. The van der Waals surface area contributed by atoms with Crippen LogP contribution in [-0.4, -0.2) is 38.4 Å². The van der Waals surface area contributed by atoms with Gasteiger partial charge in [-0.3, -0.25) is 0 Å². The zero-order valence-electron chi connectivity index (χ0n) is 11.2. The van der Waals surface area contributed by atoms with Crippen LogP contribution in [0.2, 0.25) is 0 Å². The van der Waals surface area contributed by atoms with E-state index in [4.69, 9.17) is 11.6 Å². The van der Waals surface area contributed by atoms with Crippen LogP contribution in [0.3, 0.4) is 0 Å². The molecule has 1 N–H and O–H groups in total. The van der Waals surface area contributed by atoms with Crippen LogP contribution in [0.5, 0.6) is 0 Å². The number of ether oxygens (including phenoxy) is 1. The minimum atomic E-state index is -3.97. The number of rotatable bonds is 6. The van der Waals surface area contributed by atoms with Gasteiger partial charge in [0.2, 0.25) is 0 Å². The molecule has 20 heavy (non-hydrogen) atoms. The maximum Gasteiger partial charge on any atom is 0.424 e. The predicted octanol–water partition coefficient (Wildman–Crippen LogP) is 1.89. The molecule has 1 aromatic rings. The Morgan fingerprint density at radius 1 is 1.40 bits per heavy atom. The molecule has 0 saturated carbocycles. The molecule has 1 aromatic carbocycles. The Balaban J connectivity index is 2.72. The lowest BCUT2D eigenvalue weighted by Crippen LogP contribution is -2.43. The number of halogens is 1. The van der Waals surface area contributed by atoms with Crippen molar-refractivity contribution in [2.45, 2.75) is 13.0 Å². The third-order valence-corrected chi connectivity index (χ3v) is 4.22. The molecule has 8 heteroatoms. The van der Waals surface area contributed by atoms with Gasteiger partial charge in [-0.05, 0) is 12.5 Å². The fraction of sp³-hybridized carbons (Fsp3) is 0.417. The summed E-state index contributed by atoms with van der Waals surface area (Å²) in [5.41, 5.74) is 0.790. The molecule has 0 aliphatic rings. The minimum Gasteiger partial charge on any atom is -0.447 e. The van der Waals surface area contributed by atoms with Crippen molar-refractivity contribution in [1.82, 2.24) is 9.03 Å². The van der Waals surface area contributed by atoms with E-state index in [1.54, 1.807) is 31.2 Å². The van der Waals surface area contributed by atoms with Crippen molar-refractivity contribution >= 4 is 27.9 Å². The number of hydrogen-bond acceptors (Lipinski definition) is 4. The van der Waals surface area contributed by atoms with Gasteiger partial charge in [0.15, 0.2) is 0 Å². The fourth-order valence-corrected chi connectivity index (χ4v) is 2.49. The third-order valence-electron chi connectivity index (χ3n) is 2.55. The summed E-state index contributed by atoms with van der Waals surface area (Å²) < 4.78 is 31.6. The zero-order chi connectivity index (χ0) is 15.2. The summed E-state index contributed by atoms with van der Waals surface area (Å²) in [5, 5.41) is 0. The van der Waals surface area contributed by atoms with Crippen LogP contribution in [0.15, 0.2) is 30.3 Å². The van der Waals surface area contributed by atoms with Crippen molar-refractivity contribution in [2.75, 3.05) is 19.5 Å². The Morgan fingerprint density at radius 3 is 2.55 bits per heavy atom. The van der Waals surface area contributed by atoms with Crippen molar-refractivity contribution < 1.29 is 17.9 Å². The van der Waals surface area contributed by atoms with Gasteiger partial charge in [-0.15, -0.1) is 11.6 Å². The molecule has 0 saturated heterocycles. The molecule has 6 nitrogen and oxygen atoms in total. The molecule has 0 heterocycles. The lowest BCUT2D eigenvalue weighted by Gasteiger charge is -2.20. The molecule has 0 bridgehead atoms. The largest absolute Gasteiger partial charge is 0.447 e. The van der Waals surface area contributed by atoms with Crippen LogP contribution in [0.25, 0.3) is 0 Å². The molecule has 0 aromatic heterocycles. The molecule has 1 amide bonds. The Kier molecular flexibility index (Phi) is 6.25. The van der Waals surface area contributed by atoms with E-state index < -0.39 is 22.3 Å². The van der Waals surface area contributed by atoms with Crippen LogP contribution < -0.4 is 4.72 Å². The second-order valence-electron chi connectivity index (χ2n) is 4.03. The Hall–Kier alpha value is -1.31. The van der Waals surface area contributed by atoms with Gasteiger partial charge in [-0.1, -0.05) is 30.3 Å². The minimum absolute atomic E-state index is 0.0471. The van der Waals surface area contributed by atoms with Gasteiger partial charge in [0, 0.05) is 13.1 Å². The first-order valence-electron chi connectivity index (χ1n) is 5.92. The third kappa shape index (κ3) is 4.66. The molecule has 0 aliphatic heterocycles. The molecule has 1 unspecified atom stereocenters. The topological polar surface area (TPSA) is 75.7 Å². The first-order valence-corrected chi connectivity index (χ1v) is 7.90. The van der Waals surface area contributed by atoms with Crippen molar-refractivity contribution in [3.63, 3.8) is 0 Å². The van der Waals surface area contributed by atoms with Crippen LogP contribution in [0.1, 0.15) is 18.5 Å².